The Morgan fingerprint density at radius 2 is 2.17 bits per heavy atom. The van der Waals surface area contributed by atoms with Crippen LogP contribution in [0.1, 0.15) is 19.8 Å². The third kappa shape index (κ3) is 2.88. The van der Waals surface area contributed by atoms with Crippen LogP contribution in [0.15, 0.2) is 0 Å². The molecule has 0 aliphatic carbocycles. The minimum absolute atomic E-state index is 0. The molecule has 0 saturated carbocycles. The third-order valence-electron chi connectivity index (χ3n) is 1.81. The lowest BCUT2D eigenvalue weighted by Crippen LogP contribution is -2.32. The van der Waals surface area contributed by atoms with E-state index in [2.05, 4.69) is 6.07 Å². The van der Waals surface area contributed by atoms with Crippen molar-refractivity contribution in [3.05, 3.63) is 0 Å². The first-order chi connectivity index (χ1) is 4.75. The third-order valence-corrected chi connectivity index (χ3v) is 1.81. The molecule has 0 spiro atoms. The maximum absolute atomic E-state index is 10.8. The summed E-state index contributed by atoms with van der Waals surface area (Å²) < 4.78 is 0. The highest BCUT2D eigenvalue weighted by atomic mass is 35.5. The van der Waals surface area contributed by atoms with Crippen LogP contribution in [0.5, 0.6) is 0 Å². The van der Waals surface area contributed by atoms with E-state index < -0.39 is 0 Å². The highest BCUT2D eigenvalue weighted by Crippen LogP contribution is 2.15. The number of carbonyl (C=O) groups excluding carboxylic acids is 1. The fourth-order valence-corrected chi connectivity index (χ4v) is 1.28. The SMILES string of the molecule is CC(=O)N1CCCC1C#N.Cl.Cl. The number of amides is 1. The van der Waals surface area contributed by atoms with Crippen molar-refractivity contribution in [3.8, 4) is 6.07 Å². The molecule has 1 fully saturated rings. The molecule has 1 atom stereocenters. The predicted octanol–water partition coefficient (Wildman–Crippen LogP) is 1.36. The molecular formula is C7H12Cl2N2O. The maximum atomic E-state index is 10.8. The van der Waals surface area contributed by atoms with Crippen molar-refractivity contribution in [2.45, 2.75) is 25.8 Å². The summed E-state index contributed by atoms with van der Waals surface area (Å²) in [6, 6.07) is 1.95. The molecule has 1 aliphatic heterocycles. The van der Waals surface area contributed by atoms with Gasteiger partial charge in [-0.15, -0.1) is 24.8 Å². The van der Waals surface area contributed by atoms with Crippen molar-refractivity contribution in [2.24, 2.45) is 0 Å². The van der Waals surface area contributed by atoms with Crippen LogP contribution in [0.4, 0.5) is 0 Å². The van der Waals surface area contributed by atoms with Crippen molar-refractivity contribution in [1.29, 1.82) is 5.26 Å². The van der Waals surface area contributed by atoms with Crippen molar-refractivity contribution in [2.75, 3.05) is 6.54 Å². The number of likely N-dealkylation sites (tertiary alicyclic amines) is 1. The van der Waals surface area contributed by atoms with E-state index in [0.29, 0.717) is 0 Å². The van der Waals surface area contributed by atoms with E-state index in [0.717, 1.165) is 19.4 Å². The van der Waals surface area contributed by atoms with Crippen LogP contribution in [-0.2, 0) is 4.79 Å². The lowest BCUT2D eigenvalue weighted by molar-refractivity contribution is -0.128. The van der Waals surface area contributed by atoms with Gasteiger partial charge in [0.1, 0.15) is 6.04 Å². The fourth-order valence-electron chi connectivity index (χ4n) is 1.28. The fraction of sp³-hybridized carbons (Fsp3) is 0.714. The Bertz CT molecular complexity index is 190. The first-order valence-corrected chi connectivity index (χ1v) is 3.42. The molecule has 1 amide bonds. The lowest BCUT2D eigenvalue weighted by Gasteiger charge is -2.16. The zero-order chi connectivity index (χ0) is 7.56. The lowest BCUT2D eigenvalue weighted by atomic mass is 10.2. The van der Waals surface area contributed by atoms with Gasteiger partial charge in [-0.2, -0.15) is 5.26 Å². The zero-order valence-electron chi connectivity index (χ0n) is 6.82. The van der Waals surface area contributed by atoms with Crippen LogP contribution >= 0.6 is 24.8 Å². The molecule has 3 nitrogen and oxygen atoms in total. The number of hydrogen-bond donors (Lipinski definition) is 0. The standard InChI is InChI=1S/C7H10N2O.2ClH/c1-6(10)9-4-2-3-7(9)5-8;;/h7H,2-4H2,1H3;2*1H. The molecule has 0 bridgehead atoms. The highest BCUT2D eigenvalue weighted by Gasteiger charge is 2.25. The van der Waals surface area contributed by atoms with Crippen LogP contribution in [0.25, 0.3) is 0 Å². The average molecular weight is 211 g/mol. The van der Waals surface area contributed by atoms with E-state index in [4.69, 9.17) is 5.26 Å². The Kier molecular flexibility index (Phi) is 7.16. The van der Waals surface area contributed by atoms with Crippen LogP contribution in [0.2, 0.25) is 0 Å². The number of nitriles is 1. The van der Waals surface area contributed by atoms with Crippen molar-refractivity contribution in [3.63, 3.8) is 0 Å². The van der Waals surface area contributed by atoms with E-state index in [-0.39, 0.29) is 36.8 Å². The topological polar surface area (TPSA) is 44.1 Å². The molecule has 1 rings (SSSR count). The summed E-state index contributed by atoms with van der Waals surface area (Å²) in [6.07, 6.45) is 1.81. The molecule has 12 heavy (non-hydrogen) atoms. The molecule has 1 unspecified atom stereocenters. The average Bonchev–Trinajstić information content (AvgIpc) is 2.33. The van der Waals surface area contributed by atoms with E-state index in [1.165, 1.54) is 6.92 Å². The zero-order valence-corrected chi connectivity index (χ0v) is 8.45. The van der Waals surface area contributed by atoms with E-state index in [1.807, 2.05) is 0 Å². The molecule has 70 valence electrons. The second-order valence-electron chi connectivity index (χ2n) is 2.50. The Morgan fingerprint density at radius 3 is 2.50 bits per heavy atom. The van der Waals surface area contributed by atoms with Gasteiger partial charge in [-0.3, -0.25) is 4.79 Å². The minimum atomic E-state index is -0.155. The van der Waals surface area contributed by atoms with Gasteiger partial charge in [-0.25, -0.2) is 0 Å². The van der Waals surface area contributed by atoms with Gasteiger partial charge in [0.05, 0.1) is 6.07 Å². The molecule has 0 aromatic heterocycles. The summed E-state index contributed by atoms with van der Waals surface area (Å²) in [5.41, 5.74) is 0. The van der Waals surface area contributed by atoms with Gasteiger partial charge in [0.2, 0.25) is 5.91 Å². The highest BCUT2D eigenvalue weighted by molar-refractivity contribution is 5.85. The van der Waals surface area contributed by atoms with Gasteiger partial charge < -0.3 is 4.90 Å². The quantitative estimate of drug-likeness (QED) is 0.607. The molecule has 1 heterocycles. The number of rotatable bonds is 0. The first kappa shape index (κ1) is 14.1. The van der Waals surface area contributed by atoms with E-state index in [1.54, 1.807) is 4.90 Å². The number of nitrogens with zero attached hydrogens (tertiary/aromatic N) is 2. The van der Waals surface area contributed by atoms with Gasteiger partial charge in [-0.1, -0.05) is 0 Å². The summed E-state index contributed by atoms with van der Waals surface area (Å²) in [4.78, 5) is 12.4. The van der Waals surface area contributed by atoms with E-state index >= 15 is 0 Å². The monoisotopic (exact) mass is 210 g/mol. The maximum Gasteiger partial charge on any atom is 0.220 e. The molecule has 1 saturated heterocycles. The molecule has 0 aromatic rings. The van der Waals surface area contributed by atoms with Crippen LogP contribution in [0.3, 0.4) is 0 Å². The summed E-state index contributed by atoms with van der Waals surface area (Å²) in [7, 11) is 0. The minimum Gasteiger partial charge on any atom is -0.327 e. The van der Waals surface area contributed by atoms with Crippen LogP contribution < -0.4 is 0 Å². The summed E-state index contributed by atoms with van der Waals surface area (Å²) in [5.74, 6) is 0.0176. The molecular weight excluding hydrogens is 199 g/mol. The van der Waals surface area contributed by atoms with Gasteiger partial charge in [0, 0.05) is 13.5 Å². The summed E-state index contributed by atoms with van der Waals surface area (Å²) >= 11 is 0. The van der Waals surface area contributed by atoms with Crippen molar-refractivity contribution in [1.82, 2.24) is 4.90 Å². The second-order valence-corrected chi connectivity index (χ2v) is 2.50. The largest absolute Gasteiger partial charge is 0.327 e. The van der Waals surface area contributed by atoms with Gasteiger partial charge >= 0.3 is 0 Å². The Balaban J connectivity index is 0. The van der Waals surface area contributed by atoms with Gasteiger partial charge in [0.25, 0.3) is 0 Å². The summed E-state index contributed by atoms with van der Waals surface area (Å²) in [6.45, 7) is 2.27. The number of hydrogen-bond acceptors (Lipinski definition) is 2. The molecule has 0 aromatic carbocycles. The number of halogens is 2. The van der Waals surface area contributed by atoms with Crippen LogP contribution in [0, 0.1) is 11.3 Å². The Morgan fingerprint density at radius 1 is 1.58 bits per heavy atom. The number of carbonyl (C=O) groups is 1. The normalized spacial score (nSPS) is 20.3. The smallest absolute Gasteiger partial charge is 0.220 e. The molecule has 0 N–H and O–H groups in total. The Labute approximate surface area is 84.5 Å². The molecule has 1 aliphatic rings. The molecule has 0 radical (unpaired) electrons. The van der Waals surface area contributed by atoms with Crippen LogP contribution in [-0.4, -0.2) is 23.4 Å². The second kappa shape index (κ2) is 6.10. The first-order valence-electron chi connectivity index (χ1n) is 3.42. The van der Waals surface area contributed by atoms with Gasteiger partial charge in [-0.05, 0) is 12.8 Å². The predicted molar refractivity (Wildman–Crippen MR) is 50.5 cm³/mol. The van der Waals surface area contributed by atoms with Crippen molar-refractivity contribution >= 4 is 30.7 Å². The summed E-state index contributed by atoms with van der Waals surface area (Å²) in [5, 5.41) is 8.54. The molecule has 5 heteroatoms. The van der Waals surface area contributed by atoms with Crippen molar-refractivity contribution < 1.29 is 4.79 Å². The van der Waals surface area contributed by atoms with Gasteiger partial charge in [0.15, 0.2) is 0 Å². The van der Waals surface area contributed by atoms with E-state index in [9.17, 15) is 4.79 Å². The Hall–Kier alpha value is -0.460.